The number of nitrogens with zero attached hydrogens (tertiary/aromatic N) is 2. The number of morpholine rings is 1. The van der Waals surface area contributed by atoms with Crippen LogP contribution in [0.5, 0.6) is 0 Å². The maximum Gasteiger partial charge on any atom is 0.345 e. The molecule has 1 aliphatic heterocycles. The number of hydrogen-bond donors (Lipinski definition) is 1. The summed E-state index contributed by atoms with van der Waals surface area (Å²) >= 11 is 1.30. The molecule has 0 bridgehead atoms. The van der Waals surface area contributed by atoms with Gasteiger partial charge in [-0.15, -0.1) is 11.3 Å². The van der Waals surface area contributed by atoms with E-state index in [1.54, 1.807) is 18.2 Å². The average Bonchev–Trinajstić information content (AvgIpc) is 3.43. The normalized spacial score (nSPS) is 17.2. The van der Waals surface area contributed by atoms with Crippen LogP contribution in [0, 0.1) is 0 Å². The van der Waals surface area contributed by atoms with Crippen molar-refractivity contribution >= 4 is 39.7 Å². The number of fused-ring (bicyclic) bond motifs is 1. The second kappa shape index (κ2) is 9.72. The number of aromatic carboxylic acids is 1. The largest absolute Gasteiger partial charge is 0.477 e. The summed E-state index contributed by atoms with van der Waals surface area (Å²) in [6.07, 6.45) is 6.43. The van der Waals surface area contributed by atoms with Gasteiger partial charge < -0.3 is 19.3 Å². The molecule has 34 heavy (non-hydrogen) atoms. The Morgan fingerprint density at radius 3 is 2.44 bits per heavy atom. The van der Waals surface area contributed by atoms with Crippen LogP contribution in [-0.4, -0.2) is 59.0 Å². The lowest BCUT2D eigenvalue weighted by atomic mass is 9.83. The lowest BCUT2D eigenvalue weighted by molar-refractivity contribution is -0.135. The first-order valence-corrected chi connectivity index (χ1v) is 12.7. The lowest BCUT2D eigenvalue weighted by Crippen LogP contribution is -2.42. The Morgan fingerprint density at radius 1 is 1.09 bits per heavy atom. The van der Waals surface area contributed by atoms with E-state index >= 15 is 0 Å². The summed E-state index contributed by atoms with van der Waals surface area (Å²) < 4.78 is 8.38. The van der Waals surface area contributed by atoms with Crippen molar-refractivity contribution in [1.82, 2.24) is 9.47 Å². The van der Waals surface area contributed by atoms with E-state index in [1.807, 2.05) is 21.6 Å². The van der Waals surface area contributed by atoms with Crippen molar-refractivity contribution in [3.63, 3.8) is 0 Å². The third-order valence-corrected chi connectivity index (χ3v) is 8.12. The maximum absolute atomic E-state index is 13.3. The van der Waals surface area contributed by atoms with E-state index in [2.05, 4.69) is 0 Å². The molecule has 7 nitrogen and oxygen atoms in total. The van der Waals surface area contributed by atoms with Crippen molar-refractivity contribution in [3.8, 4) is 11.3 Å². The number of carbonyl (C=O) groups excluding carboxylic acids is 2. The third-order valence-electron chi connectivity index (χ3n) is 6.97. The fourth-order valence-electron chi connectivity index (χ4n) is 5.27. The van der Waals surface area contributed by atoms with Crippen LogP contribution in [0.15, 0.2) is 30.3 Å². The Kier molecular flexibility index (Phi) is 6.52. The Morgan fingerprint density at radius 2 is 1.79 bits per heavy atom. The number of thiophene rings is 1. The molecule has 2 aliphatic rings. The van der Waals surface area contributed by atoms with E-state index < -0.39 is 5.97 Å². The predicted octanol–water partition coefficient (Wildman–Crippen LogP) is 4.79. The van der Waals surface area contributed by atoms with Crippen LogP contribution < -0.4 is 0 Å². The molecule has 0 atom stereocenters. The minimum absolute atomic E-state index is 0.00392. The topological polar surface area (TPSA) is 88.8 Å². The molecule has 0 spiro atoms. The van der Waals surface area contributed by atoms with Crippen molar-refractivity contribution in [3.05, 3.63) is 46.3 Å². The van der Waals surface area contributed by atoms with E-state index in [1.165, 1.54) is 17.8 Å². The van der Waals surface area contributed by atoms with Gasteiger partial charge in [-0.3, -0.25) is 9.59 Å². The highest BCUT2D eigenvalue weighted by Crippen LogP contribution is 2.46. The van der Waals surface area contributed by atoms with Gasteiger partial charge in [0.25, 0.3) is 0 Å². The van der Waals surface area contributed by atoms with Crippen LogP contribution in [0.4, 0.5) is 0 Å². The molecule has 178 valence electrons. The maximum atomic E-state index is 13.3. The van der Waals surface area contributed by atoms with Crippen molar-refractivity contribution in [1.29, 1.82) is 0 Å². The fourth-order valence-corrected chi connectivity index (χ4v) is 6.39. The number of carboxylic acid groups (broad SMARTS) is 1. The number of aromatic nitrogens is 1. The summed E-state index contributed by atoms with van der Waals surface area (Å²) in [5.74, 6) is -0.625. The van der Waals surface area contributed by atoms with Gasteiger partial charge in [0.15, 0.2) is 0 Å². The van der Waals surface area contributed by atoms with Crippen molar-refractivity contribution in [2.75, 3.05) is 26.3 Å². The zero-order valence-corrected chi connectivity index (χ0v) is 19.8. The average molecular weight is 481 g/mol. The summed E-state index contributed by atoms with van der Waals surface area (Å²) in [5.41, 5.74) is 4.48. The number of rotatable bonds is 6. The number of carboxylic acids is 1. The first-order valence-electron chi connectivity index (χ1n) is 11.9. The summed E-state index contributed by atoms with van der Waals surface area (Å²) in [6, 6.07) is 9.17. The summed E-state index contributed by atoms with van der Waals surface area (Å²) in [6.45, 7) is 2.32. The van der Waals surface area contributed by atoms with Gasteiger partial charge in [-0.2, -0.15) is 0 Å². The van der Waals surface area contributed by atoms with E-state index in [9.17, 15) is 19.5 Å². The molecule has 0 radical (unpaired) electrons. The predicted molar refractivity (Wildman–Crippen MR) is 131 cm³/mol. The number of aldehydes is 1. The molecule has 3 aromatic rings. The Balaban J connectivity index is 1.69. The Hall–Kier alpha value is -2.97. The zero-order chi connectivity index (χ0) is 23.7. The van der Waals surface area contributed by atoms with Crippen molar-refractivity contribution in [2.24, 2.45) is 0 Å². The second-order valence-electron chi connectivity index (χ2n) is 9.05. The molecule has 1 aliphatic carbocycles. The summed E-state index contributed by atoms with van der Waals surface area (Å²) in [4.78, 5) is 38.5. The highest BCUT2D eigenvalue weighted by atomic mass is 32.1. The Bertz CT molecular complexity index is 1210. The molecule has 1 aromatic carbocycles. The molecule has 5 rings (SSSR count). The smallest absolute Gasteiger partial charge is 0.345 e. The molecule has 1 saturated carbocycles. The van der Waals surface area contributed by atoms with Gasteiger partial charge in [0.05, 0.1) is 29.1 Å². The van der Waals surface area contributed by atoms with Gasteiger partial charge in [0.2, 0.25) is 5.91 Å². The van der Waals surface area contributed by atoms with E-state index in [4.69, 9.17) is 4.74 Å². The van der Waals surface area contributed by atoms with Gasteiger partial charge in [-0.25, -0.2) is 4.79 Å². The number of amides is 1. The quantitative estimate of drug-likeness (QED) is 0.513. The first-order chi connectivity index (χ1) is 16.6. The molecule has 2 fully saturated rings. The van der Waals surface area contributed by atoms with Crippen LogP contribution in [0.1, 0.15) is 63.6 Å². The molecular weight excluding hydrogens is 452 g/mol. The van der Waals surface area contributed by atoms with Crippen LogP contribution >= 0.6 is 11.3 Å². The van der Waals surface area contributed by atoms with Crippen LogP contribution in [-0.2, 0) is 16.1 Å². The summed E-state index contributed by atoms with van der Waals surface area (Å²) in [7, 11) is 0. The highest BCUT2D eigenvalue weighted by molar-refractivity contribution is 7.21. The van der Waals surface area contributed by atoms with Gasteiger partial charge in [0, 0.05) is 18.7 Å². The first kappa shape index (κ1) is 22.8. The molecular formula is C26H28N2O5S. The summed E-state index contributed by atoms with van der Waals surface area (Å²) in [5, 5.41) is 9.71. The molecule has 1 saturated heterocycles. The van der Waals surface area contributed by atoms with Gasteiger partial charge >= 0.3 is 5.97 Å². The fraction of sp³-hybridized carbons (Fsp3) is 0.423. The van der Waals surface area contributed by atoms with Crippen LogP contribution in [0.3, 0.4) is 0 Å². The van der Waals surface area contributed by atoms with Gasteiger partial charge in [-0.05, 0) is 36.0 Å². The molecule has 8 heteroatoms. The van der Waals surface area contributed by atoms with Gasteiger partial charge in [0.1, 0.15) is 17.7 Å². The molecule has 0 unspecified atom stereocenters. The van der Waals surface area contributed by atoms with E-state index in [-0.39, 0.29) is 17.3 Å². The number of carbonyl (C=O) groups is 3. The SMILES string of the molecule is O=Cc1ccc(-c2c(C3CCCCC3)c3sc(C(=O)O)cc3n2CC(=O)N2CCOCC2)cc1. The van der Waals surface area contributed by atoms with Gasteiger partial charge in [-0.1, -0.05) is 43.5 Å². The van der Waals surface area contributed by atoms with Crippen molar-refractivity contribution < 1.29 is 24.2 Å². The van der Waals surface area contributed by atoms with E-state index in [0.29, 0.717) is 37.8 Å². The highest BCUT2D eigenvalue weighted by Gasteiger charge is 2.30. The number of ether oxygens (including phenoxy) is 1. The Labute approximate surface area is 201 Å². The lowest BCUT2D eigenvalue weighted by Gasteiger charge is -2.28. The minimum Gasteiger partial charge on any atom is -0.477 e. The molecule has 2 aromatic heterocycles. The second-order valence-corrected chi connectivity index (χ2v) is 10.1. The molecule has 1 amide bonds. The van der Waals surface area contributed by atoms with Crippen LogP contribution in [0.2, 0.25) is 0 Å². The molecule has 1 N–H and O–H groups in total. The van der Waals surface area contributed by atoms with Crippen LogP contribution in [0.25, 0.3) is 21.5 Å². The minimum atomic E-state index is -0.946. The zero-order valence-electron chi connectivity index (χ0n) is 19.0. The monoisotopic (exact) mass is 480 g/mol. The number of hydrogen-bond acceptors (Lipinski definition) is 5. The molecule has 3 heterocycles. The standard InChI is InChI=1S/C26H28N2O5S/c29-16-17-6-8-19(9-7-17)24-23(18-4-2-1-3-5-18)25-20(14-21(34-25)26(31)32)28(24)15-22(30)27-10-12-33-13-11-27/h6-9,14,16,18H,1-5,10-13,15H2,(H,31,32). The number of benzene rings is 1. The van der Waals surface area contributed by atoms with E-state index in [0.717, 1.165) is 59.0 Å². The third kappa shape index (κ3) is 4.28. The van der Waals surface area contributed by atoms with Crippen molar-refractivity contribution in [2.45, 2.75) is 44.6 Å².